The van der Waals surface area contributed by atoms with E-state index in [0.717, 1.165) is 6.07 Å². The molecule has 0 fully saturated rings. The number of nitriles is 1. The first-order valence-corrected chi connectivity index (χ1v) is 4.11. The van der Waals surface area contributed by atoms with Crippen molar-refractivity contribution in [2.45, 2.75) is 6.18 Å². The van der Waals surface area contributed by atoms with Crippen molar-refractivity contribution in [2.24, 2.45) is 0 Å². The standard InChI is InChI=1S/C10H5F3N2/c11-10(12,13)8-2-1-6(5-14)9-7(8)3-4-15-9/h1-4,15H. The molecule has 1 aromatic heterocycles. The van der Waals surface area contributed by atoms with Crippen molar-refractivity contribution in [3.63, 3.8) is 0 Å². The smallest absolute Gasteiger partial charge is 0.360 e. The highest BCUT2D eigenvalue weighted by Crippen LogP contribution is 2.35. The molecule has 2 nitrogen and oxygen atoms in total. The Morgan fingerprint density at radius 2 is 1.93 bits per heavy atom. The molecule has 0 atom stereocenters. The van der Waals surface area contributed by atoms with E-state index in [0.29, 0.717) is 0 Å². The van der Waals surface area contributed by atoms with Crippen LogP contribution in [0.25, 0.3) is 10.9 Å². The van der Waals surface area contributed by atoms with Gasteiger partial charge in [-0.25, -0.2) is 0 Å². The van der Waals surface area contributed by atoms with Gasteiger partial charge in [-0.2, -0.15) is 18.4 Å². The van der Waals surface area contributed by atoms with E-state index in [9.17, 15) is 13.2 Å². The number of rotatable bonds is 0. The first kappa shape index (κ1) is 9.59. The molecule has 0 spiro atoms. The van der Waals surface area contributed by atoms with E-state index in [1.165, 1.54) is 18.3 Å². The fourth-order valence-electron chi connectivity index (χ4n) is 1.50. The van der Waals surface area contributed by atoms with Gasteiger partial charge in [0.25, 0.3) is 0 Å². The number of aromatic nitrogens is 1. The monoisotopic (exact) mass is 210 g/mol. The normalized spacial score (nSPS) is 11.6. The van der Waals surface area contributed by atoms with Crippen LogP contribution in [-0.2, 0) is 6.18 Å². The molecule has 0 saturated carbocycles. The zero-order chi connectivity index (χ0) is 11.1. The van der Waals surface area contributed by atoms with Crippen LogP contribution in [0.5, 0.6) is 0 Å². The van der Waals surface area contributed by atoms with Crippen LogP contribution in [0.15, 0.2) is 24.4 Å². The summed E-state index contributed by atoms with van der Waals surface area (Å²) in [7, 11) is 0. The van der Waals surface area contributed by atoms with Crippen molar-refractivity contribution in [2.75, 3.05) is 0 Å². The zero-order valence-corrected chi connectivity index (χ0v) is 7.39. The predicted molar refractivity (Wildman–Crippen MR) is 48.0 cm³/mol. The third-order valence-electron chi connectivity index (χ3n) is 2.15. The SMILES string of the molecule is N#Cc1ccc(C(F)(F)F)c2cc[nH]c12. The highest BCUT2D eigenvalue weighted by molar-refractivity contribution is 5.88. The van der Waals surface area contributed by atoms with Crippen LogP contribution < -0.4 is 0 Å². The minimum Gasteiger partial charge on any atom is -0.360 e. The maximum atomic E-state index is 12.5. The van der Waals surface area contributed by atoms with Gasteiger partial charge in [0.2, 0.25) is 0 Å². The van der Waals surface area contributed by atoms with E-state index in [1.807, 2.05) is 6.07 Å². The summed E-state index contributed by atoms with van der Waals surface area (Å²) >= 11 is 0. The van der Waals surface area contributed by atoms with E-state index in [4.69, 9.17) is 5.26 Å². The number of fused-ring (bicyclic) bond motifs is 1. The second-order valence-corrected chi connectivity index (χ2v) is 3.04. The molecule has 1 aromatic carbocycles. The molecule has 76 valence electrons. The number of hydrogen-bond acceptors (Lipinski definition) is 1. The van der Waals surface area contributed by atoms with E-state index in [-0.39, 0.29) is 16.5 Å². The Labute approximate surface area is 82.9 Å². The van der Waals surface area contributed by atoms with E-state index in [2.05, 4.69) is 4.98 Å². The third kappa shape index (κ3) is 1.44. The number of aromatic amines is 1. The van der Waals surface area contributed by atoms with E-state index < -0.39 is 11.7 Å². The second kappa shape index (κ2) is 3.02. The van der Waals surface area contributed by atoms with Crippen LogP contribution in [0.4, 0.5) is 13.2 Å². The lowest BCUT2D eigenvalue weighted by molar-refractivity contribution is -0.136. The number of alkyl halides is 3. The van der Waals surface area contributed by atoms with Gasteiger partial charge in [-0.15, -0.1) is 0 Å². The minimum absolute atomic E-state index is 0.0292. The van der Waals surface area contributed by atoms with Gasteiger partial charge in [-0.3, -0.25) is 0 Å². The maximum Gasteiger partial charge on any atom is 0.417 e. The number of halogens is 3. The molecule has 0 aliphatic carbocycles. The summed E-state index contributed by atoms with van der Waals surface area (Å²) in [5, 5.41) is 8.73. The molecule has 0 aliphatic heterocycles. The quantitative estimate of drug-likeness (QED) is 0.713. The average Bonchev–Trinajstić information content (AvgIpc) is 2.62. The summed E-state index contributed by atoms with van der Waals surface area (Å²) in [5.41, 5.74) is -0.284. The van der Waals surface area contributed by atoms with Gasteiger partial charge in [0.05, 0.1) is 16.6 Å². The number of H-pyrrole nitrogens is 1. The van der Waals surface area contributed by atoms with Crippen molar-refractivity contribution in [1.82, 2.24) is 4.98 Å². The van der Waals surface area contributed by atoms with Crippen LogP contribution in [0.2, 0.25) is 0 Å². The highest BCUT2D eigenvalue weighted by Gasteiger charge is 2.33. The van der Waals surface area contributed by atoms with Crippen LogP contribution in [0.1, 0.15) is 11.1 Å². The molecule has 0 amide bonds. The lowest BCUT2D eigenvalue weighted by Gasteiger charge is -2.08. The van der Waals surface area contributed by atoms with Crippen LogP contribution >= 0.6 is 0 Å². The van der Waals surface area contributed by atoms with Gasteiger partial charge >= 0.3 is 6.18 Å². The Bertz CT molecular complexity index is 546. The van der Waals surface area contributed by atoms with Crippen molar-refractivity contribution in [1.29, 1.82) is 5.26 Å². The van der Waals surface area contributed by atoms with Crippen molar-refractivity contribution < 1.29 is 13.2 Å². The zero-order valence-electron chi connectivity index (χ0n) is 7.39. The summed E-state index contributed by atoms with van der Waals surface area (Å²) < 4.78 is 37.6. The molecule has 5 heteroatoms. The molecule has 0 radical (unpaired) electrons. The number of benzene rings is 1. The van der Waals surface area contributed by atoms with Gasteiger partial charge in [0.15, 0.2) is 0 Å². The van der Waals surface area contributed by atoms with Crippen LogP contribution in [0, 0.1) is 11.3 Å². The summed E-state index contributed by atoms with van der Waals surface area (Å²) in [5.74, 6) is 0. The van der Waals surface area contributed by atoms with Gasteiger partial charge in [0.1, 0.15) is 6.07 Å². The predicted octanol–water partition coefficient (Wildman–Crippen LogP) is 3.06. The molecule has 0 aliphatic rings. The van der Waals surface area contributed by atoms with Crippen LogP contribution in [-0.4, -0.2) is 4.98 Å². The molecule has 1 heterocycles. The van der Waals surface area contributed by atoms with Crippen molar-refractivity contribution in [3.8, 4) is 6.07 Å². The third-order valence-corrected chi connectivity index (χ3v) is 2.15. The molecule has 2 rings (SSSR count). The Morgan fingerprint density at radius 1 is 1.20 bits per heavy atom. The first-order chi connectivity index (χ1) is 7.04. The molecule has 0 bridgehead atoms. The number of nitrogens with zero attached hydrogens (tertiary/aromatic N) is 1. The summed E-state index contributed by atoms with van der Waals surface area (Å²) in [4.78, 5) is 2.63. The molecule has 0 saturated heterocycles. The van der Waals surface area contributed by atoms with E-state index in [1.54, 1.807) is 0 Å². The average molecular weight is 210 g/mol. The highest BCUT2D eigenvalue weighted by atomic mass is 19.4. The molecule has 2 aromatic rings. The Balaban J connectivity index is 2.82. The van der Waals surface area contributed by atoms with Gasteiger partial charge in [-0.1, -0.05) is 0 Å². The lowest BCUT2D eigenvalue weighted by atomic mass is 10.1. The number of hydrogen-bond donors (Lipinski definition) is 1. The Hall–Kier alpha value is -1.96. The van der Waals surface area contributed by atoms with Crippen molar-refractivity contribution in [3.05, 3.63) is 35.5 Å². The van der Waals surface area contributed by atoms with Crippen LogP contribution in [0.3, 0.4) is 0 Å². The summed E-state index contributed by atoms with van der Waals surface area (Å²) in [6, 6.07) is 5.25. The second-order valence-electron chi connectivity index (χ2n) is 3.04. The fraction of sp³-hybridized carbons (Fsp3) is 0.100. The Morgan fingerprint density at radius 3 is 2.53 bits per heavy atom. The lowest BCUT2D eigenvalue weighted by Crippen LogP contribution is -2.05. The minimum atomic E-state index is -4.39. The maximum absolute atomic E-state index is 12.5. The summed E-state index contributed by atoms with van der Waals surface area (Å²) in [6.45, 7) is 0. The number of nitrogens with one attached hydrogen (secondary N) is 1. The van der Waals surface area contributed by atoms with Crippen molar-refractivity contribution >= 4 is 10.9 Å². The van der Waals surface area contributed by atoms with Gasteiger partial charge in [-0.05, 0) is 18.2 Å². The van der Waals surface area contributed by atoms with Gasteiger partial charge in [0, 0.05) is 11.6 Å². The fourth-order valence-corrected chi connectivity index (χ4v) is 1.50. The Kier molecular flexibility index (Phi) is 1.93. The van der Waals surface area contributed by atoms with Gasteiger partial charge < -0.3 is 4.98 Å². The van der Waals surface area contributed by atoms with E-state index >= 15 is 0 Å². The molecule has 15 heavy (non-hydrogen) atoms. The molecular weight excluding hydrogens is 205 g/mol. The molecule has 1 N–H and O–H groups in total. The topological polar surface area (TPSA) is 39.6 Å². The summed E-state index contributed by atoms with van der Waals surface area (Å²) in [6.07, 6.45) is -3.00. The molecular formula is C10H5F3N2. The molecule has 0 unspecified atom stereocenters. The largest absolute Gasteiger partial charge is 0.417 e. The first-order valence-electron chi connectivity index (χ1n) is 4.11.